The number of carboxylic acid groups (broad SMARTS) is 1. The molecule has 0 spiro atoms. The summed E-state index contributed by atoms with van der Waals surface area (Å²) in [5.74, 6) is -0.868. The number of benzene rings is 2. The first-order valence-corrected chi connectivity index (χ1v) is 13.9. The van der Waals surface area contributed by atoms with E-state index >= 15 is 0 Å². The van der Waals surface area contributed by atoms with Crippen LogP contribution >= 0.6 is 12.4 Å². The molecule has 3 N–H and O–H groups in total. The Morgan fingerprint density at radius 1 is 1.17 bits per heavy atom. The van der Waals surface area contributed by atoms with Gasteiger partial charge in [-0.25, -0.2) is 13.1 Å². The van der Waals surface area contributed by atoms with Crippen molar-refractivity contribution in [2.24, 2.45) is 0 Å². The Labute approximate surface area is 218 Å². The average molecular weight is 536 g/mol. The van der Waals surface area contributed by atoms with Crippen LogP contribution in [0.3, 0.4) is 0 Å². The summed E-state index contributed by atoms with van der Waals surface area (Å²) in [5, 5.41) is 12.9. The van der Waals surface area contributed by atoms with Crippen LogP contribution in [0.4, 0.5) is 5.69 Å². The van der Waals surface area contributed by atoms with Crippen LogP contribution in [0.25, 0.3) is 0 Å². The maximum atomic E-state index is 13.2. The fourth-order valence-corrected chi connectivity index (χ4v) is 6.18. The molecule has 2 aromatic carbocycles. The van der Waals surface area contributed by atoms with E-state index in [0.717, 1.165) is 42.7 Å². The van der Waals surface area contributed by atoms with Gasteiger partial charge in [0.05, 0.1) is 12.3 Å². The quantitative estimate of drug-likeness (QED) is 0.429. The van der Waals surface area contributed by atoms with Gasteiger partial charge in [0.1, 0.15) is 6.04 Å². The summed E-state index contributed by atoms with van der Waals surface area (Å²) >= 11 is 0. The van der Waals surface area contributed by atoms with Crippen LogP contribution in [-0.2, 0) is 27.8 Å². The Morgan fingerprint density at radius 2 is 1.86 bits per heavy atom. The number of hydrogen-bond donors (Lipinski definition) is 3. The highest BCUT2D eigenvalue weighted by molar-refractivity contribution is 7.89. The zero-order valence-corrected chi connectivity index (χ0v) is 22.0. The summed E-state index contributed by atoms with van der Waals surface area (Å²) in [6.07, 6.45) is 3.35. The number of carbonyl (C=O) groups excluding carboxylic acids is 1. The highest BCUT2D eigenvalue weighted by Crippen LogP contribution is 2.33. The van der Waals surface area contributed by atoms with Gasteiger partial charge in [0.25, 0.3) is 5.91 Å². The Bertz CT molecular complexity index is 1180. The van der Waals surface area contributed by atoms with Crippen LogP contribution in [0.1, 0.15) is 65.6 Å². The number of nitrogens with one attached hydrogen (secondary N) is 2. The molecule has 1 atom stereocenters. The van der Waals surface area contributed by atoms with Crippen LogP contribution in [-0.4, -0.2) is 50.3 Å². The first kappa shape index (κ1) is 28.1. The van der Waals surface area contributed by atoms with E-state index in [4.69, 9.17) is 0 Å². The molecule has 2 aromatic rings. The standard InChI is InChI=1S/C26H33N3O5S.ClH/c1-2-3-14-35(33,34)28-24(26(31)32)15-18-4-8-22(9-5-18)29-17-21-7-6-20(16-23(21)25(29)30)19-10-12-27-13-11-19;/h4-9,16,19,24,27-28H,2-3,10-15,17H2,1H3,(H,31,32);1H. The summed E-state index contributed by atoms with van der Waals surface area (Å²) in [7, 11) is -3.67. The van der Waals surface area contributed by atoms with Gasteiger partial charge in [-0.05, 0) is 79.6 Å². The van der Waals surface area contributed by atoms with Gasteiger partial charge < -0.3 is 15.3 Å². The molecule has 10 heteroatoms. The molecule has 1 fully saturated rings. The number of hydrogen-bond acceptors (Lipinski definition) is 5. The number of amides is 1. The number of rotatable bonds is 10. The second-order valence-corrected chi connectivity index (χ2v) is 11.3. The molecule has 2 aliphatic heterocycles. The van der Waals surface area contributed by atoms with Gasteiger partial charge >= 0.3 is 5.97 Å². The van der Waals surface area contributed by atoms with Crippen molar-refractivity contribution < 1.29 is 23.1 Å². The van der Waals surface area contributed by atoms with Gasteiger partial charge in [-0.3, -0.25) is 9.59 Å². The molecule has 196 valence electrons. The predicted octanol–water partition coefficient (Wildman–Crippen LogP) is 3.45. The lowest BCUT2D eigenvalue weighted by Gasteiger charge is -2.23. The lowest BCUT2D eigenvalue weighted by molar-refractivity contribution is -0.138. The average Bonchev–Trinajstić information content (AvgIpc) is 3.19. The minimum Gasteiger partial charge on any atom is -0.480 e. The SMILES string of the molecule is CCCCS(=O)(=O)NC(Cc1ccc(N2Cc3ccc(C4CCNCC4)cc3C2=O)cc1)C(=O)O.Cl. The molecule has 8 nitrogen and oxygen atoms in total. The summed E-state index contributed by atoms with van der Waals surface area (Å²) in [6.45, 7) is 4.37. The van der Waals surface area contributed by atoms with E-state index in [1.54, 1.807) is 29.2 Å². The van der Waals surface area contributed by atoms with Gasteiger partial charge in [0.2, 0.25) is 10.0 Å². The third-order valence-electron chi connectivity index (χ3n) is 6.82. The lowest BCUT2D eigenvalue weighted by atomic mass is 9.88. The van der Waals surface area contributed by atoms with Crippen LogP contribution < -0.4 is 14.9 Å². The number of aliphatic carboxylic acids is 1. The van der Waals surface area contributed by atoms with Gasteiger partial charge in [0, 0.05) is 11.3 Å². The van der Waals surface area contributed by atoms with Crippen molar-refractivity contribution in [3.8, 4) is 0 Å². The molecule has 1 amide bonds. The minimum atomic E-state index is -3.67. The summed E-state index contributed by atoms with van der Waals surface area (Å²) in [6, 6.07) is 12.1. The second kappa shape index (κ2) is 12.2. The minimum absolute atomic E-state index is 0. The topological polar surface area (TPSA) is 116 Å². The summed E-state index contributed by atoms with van der Waals surface area (Å²) < 4.78 is 26.6. The lowest BCUT2D eigenvalue weighted by Crippen LogP contribution is -2.43. The van der Waals surface area contributed by atoms with Crippen LogP contribution in [0, 0.1) is 0 Å². The molecule has 0 saturated carbocycles. The van der Waals surface area contributed by atoms with Crippen molar-refractivity contribution in [1.29, 1.82) is 0 Å². The maximum Gasteiger partial charge on any atom is 0.322 e. The van der Waals surface area contributed by atoms with Crippen LogP contribution in [0.2, 0.25) is 0 Å². The zero-order valence-electron chi connectivity index (χ0n) is 20.4. The second-order valence-electron chi connectivity index (χ2n) is 9.38. The molecule has 2 heterocycles. The van der Waals surface area contributed by atoms with Gasteiger partial charge in [-0.15, -0.1) is 12.4 Å². The third-order valence-corrected chi connectivity index (χ3v) is 8.29. The number of sulfonamides is 1. The van der Waals surface area contributed by atoms with E-state index < -0.39 is 22.0 Å². The van der Waals surface area contributed by atoms with Crippen LogP contribution in [0.15, 0.2) is 42.5 Å². The molecular weight excluding hydrogens is 502 g/mol. The monoisotopic (exact) mass is 535 g/mol. The Kier molecular flexibility index (Phi) is 9.52. The van der Waals surface area contributed by atoms with Gasteiger partial charge in [-0.2, -0.15) is 0 Å². The van der Waals surface area contributed by atoms with Gasteiger partial charge in [-0.1, -0.05) is 37.6 Å². The fourth-order valence-electron chi connectivity index (χ4n) is 4.77. The Hall–Kier alpha value is -2.46. The van der Waals surface area contributed by atoms with Crippen molar-refractivity contribution in [2.45, 2.75) is 57.5 Å². The third kappa shape index (κ3) is 6.64. The van der Waals surface area contributed by atoms with Crippen LogP contribution in [0.5, 0.6) is 0 Å². The molecule has 4 rings (SSSR count). The van der Waals surface area contributed by atoms with E-state index in [9.17, 15) is 23.1 Å². The summed E-state index contributed by atoms with van der Waals surface area (Å²) in [5.41, 5.74) is 4.38. The maximum absolute atomic E-state index is 13.2. The number of unbranched alkanes of at least 4 members (excludes halogenated alkanes) is 1. The number of carboxylic acids is 1. The van der Waals surface area contributed by atoms with E-state index in [1.807, 2.05) is 13.0 Å². The smallest absolute Gasteiger partial charge is 0.322 e. The molecule has 36 heavy (non-hydrogen) atoms. The summed E-state index contributed by atoms with van der Waals surface area (Å²) in [4.78, 5) is 26.6. The molecule has 0 radical (unpaired) electrons. The highest BCUT2D eigenvalue weighted by atomic mass is 35.5. The molecule has 0 bridgehead atoms. The Morgan fingerprint density at radius 3 is 2.50 bits per heavy atom. The van der Waals surface area contributed by atoms with Crippen molar-refractivity contribution in [3.63, 3.8) is 0 Å². The molecular formula is C26H34ClN3O5S. The first-order valence-electron chi connectivity index (χ1n) is 12.2. The molecule has 1 unspecified atom stereocenters. The van der Waals surface area contributed by atoms with E-state index in [1.165, 1.54) is 5.56 Å². The van der Waals surface area contributed by atoms with Gasteiger partial charge in [0.15, 0.2) is 0 Å². The Balaban J connectivity index is 0.00000361. The number of fused-ring (bicyclic) bond motifs is 1. The van der Waals surface area contributed by atoms with E-state index in [2.05, 4.69) is 22.2 Å². The highest BCUT2D eigenvalue weighted by Gasteiger charge is 2.30. The van der Waals surface area contributed by atoms with E-state index in [0.29, 0.717) is 30.9 Å². The first-order chi connectivity index (χ1) is 16.8. The van der Waals surface area contributed by atoms with Crippen molar-refractivity contribution in [1.82, 2.24) is 10.0 Å². The number of anilines is 1. The molecule has 0 aliphatic carbocycles. The largest absolute Gasteiger partial charge is 0.480 e. The van der Waals surface area contributed by atoms with Crippen molar-refractivity contribution in [3.05, 3.63) is 64.7 Å². The number of halogens is 1. The van der Waals surface area contributed by atoms with Crippen molar-refractivity contribution >= 4 is 40.0 Å². The molecule has 2 aliphatic rings. The predicted molar refractivity (Wildman–Crippen MR) is 142 cm³/mol. The number of carbonyl (C=O) groups is 2. The number of piperidine rings is 1. The normalized spacial score (nSPS) is 16.9. The molecule has 0 aromatic heterocycles. The zero-order chi connectivity index (χ0) is 25.0. The fraction of sp³-hybridized carbons (Fsp3) is 0.462. The van der Waals surface area contributed by atoms with Crippen molar-refractivity contribution in [2.75, 3.05) is 23.7 Å². The number of nitrogens with zero attached hydrogens (tertiary/aromatic N) is 1. The molecule has 1 saturated heterocycles. The van der Waals surface area contributed by atoms with E-state index in [-0.39, 0.29) is 30.5 Å².